The molecule has 0 aliphatic heterocycles. The molecule has 0 fully saturated rings. The van der Waals surface area contributed by atoms with Crippen molar-refractivity contribution >= 4 is 5.91 Å². The molecule has 0 saturated carbocycles. The predicted molar refractivity (Wildman–Crippen MR) is 89.8 cm³/mol. The van der Waals surface area contributed by atoms with E-state index in [2.05, 4.69) is 5.32 Å². The monoisotopic (exact) mass is 333 g/mol. The van der Waals surface area contributed by atoms with Crippen molar-refractivity contribution in [1.29, 1.82) is 0 Å². The topological polar surface area (TPSA) is 69.9 Å². The third kappa shape index (κ3) is 4.01. The summed E-state index contributed by atoms with van der Waals surface area (Å²) in [6.45, 7) is 3.75. The van der Waals surface area contributed by atoms with Gasteiger partial charge < -0.3 is 23.9 Å². The average Bonchev–Trinajstić information content (AvgIpc) is 3.00. The molecule has 130 valence electrons. The highest BCUT2D eigenvalue weighted by molar-refractivity contribution is 5.79. The molecule has 0 saturated heterocycles. The van der Waals surface area contributed by atoms with Gasteiger partial charge in [0.25, 0.3) is 0 Å². The van der Waals surface area contributed by atoms with Crippen molar-refractivity contribution in [3.8, 4) is 17.2 Å². The molecule has 0 bridgehead atoms. The second-order valence-electron chi connectivity index (χ2n) is 5.45. The summed E-state index contributed by atoms with van der Waals surface area (Å²) in [5, 5.41) is 2.92. The number of ether oxygens (including phenoxy) is 3. The first-order valence-electron chi connectivity index (χ1n) is 7.63. The van der Waals surface area contributed by atoms with Crippen molar-refractivity contribution in [2.24, 2.45) is 0 Å². The van der Waals surface area contributed by atoms with Gasteiger partial charge >= 0.3 is 0 Å². The van der Waals surface area contributed by atoms with Crippen LogP contribution in [-0.4, -0.2) is 27.2 Å². The van der Waals surface area contributed by atoms with E-state index in [9.17, 15) is 4.79 Å². The largest absolute Gasteiger partial charge is 0.493 e. The van der Waals surface area contributed by atoms with E-state index >= 15 is 0 Å². The second kappa shape index (κ2) is 7.77. The standard InChI is InChI=1S/C18H23NO5/c1-11-6-7-14(24-11)12(2)19-17(20)10-13-8-15(21-3)18(23-5)16(9-13)22-4/h6-9,12H,10H2,1-5H3,(H,19,20)/t12-/m0/s1. The minimum Gasteiger partial charge on any atom is -0.493 e. The Balaban J connectivity index is 2.11. The lowest BCUT2D eigenvalue weighted by Gasteiger charge is -2.15. The van der Waals surface area contributed by atoms with Crippen LogP contribution in [0, 0.1) is 6.92 Å². The Morgan fingerprint density at radius 2 is 1.75 bits per heavy atom. The maximum absolute atomic E-state index is 12.3. The summed E-state index contributed by atoms with van der Waals surface area (Å²) in [4.78, 5) is 12.3. The Kier molecular flexibility index (Phi) is 5.73. The molecule has 1 heterocycles. The van der Waals surface area contributed by atoms with Crippen LogP contribution in [0.3, 0.4) is 0 Å². The van der Waals surface area contributed by atoms with Crippen molar-refractivity contribution in [2.45, 2.75) is 26.3 Å². The number of methoxy groups -OCH3 is 3. The van der Waals surface area contributed by atoms with Gasteiger partial charge in [0.1, 0.15) is 11.5 Å². The fourth-order valence-corrected chi connectivity index (χ4v) is 2.47. The Morgan fingerprint density at radius 3 is 2.21 bits per heavy atom. The van der Waals surface area contributed by atoms with E-state index in [0.717, 1.165) is 17.1 Å². The van der Waals surface area contributed by atoms with Crippen LogP contribution < -0.4 is 19.5 Å². The first-order valence-corrected chi connectivity index (χ1v) is 7.63. The zero-order valence-electron chi connectivity index (χ0n) is 14.6. The smallest absolute Gasteiger partial charge is 0.225 e. The summed E-state index contributed by atoms with van der Waals surface area (Å²) in [5.41, 5.74) is 0.768. The Bertz CT molecular complexity index is 682. The summed E-state index contributed by atoms with van der Waals surface area (Å²) in [7, 11) is 4.63. The average molecular weight is 333 g/mol. The van der Waals surface area contributed by atoms with Crippen molar-refractivity contribution in [2.75, 3.05) is 21.3 Å². The number of benzene rings is 1. The molecule has 0 aliphatic carbocycles. The van der Waals surface area contributed by atoms with Crippen LogP contribution in [0.4, 0.5) is 0 Å². The van der Waals surface area contributed by atoms with Gasteiger partial charge in [0.15, 0.2) is 11.5 Å². The van der Waals surface area contributed by atoms with E-state index in [-0.39, 0.29) is 18.4 Å². The van der Waals surface area contributed by atoms with E-state index < -0.39 is 0 Å². The summed E-state index contributed by atoms with van der Waals surface area (Å²) >= 11 is 0. The zero-order valence-corrected chi connectivity index (χ0v) is 14.6. The van der Waals surface area contributed by atoms with Crippen LogP contribution in [0.1, 0.15) is 30.0 Å². The van der Waals surface area contributed by atoms with Gasteiger partial charge in [-0.15, -0.1) is 0 Å². The molecular weight excluding hydrogens is 310 g/mol. The number of hydrogen-bond donors (Lipinski definition) is 1. The molecule has 2 aromatic rings. The fourth-order valence-electron chi connectivity index (χ4n) is 2.47. The first-order chi connectivity index (χ1) is 11.5. The molecule has 0 spiro atoms. The van der Waals surface area contributed by atoms with Crippen molar-refractivity contribution < 1.29 is 23.4 Å². The normalized spacial score (nSPS) is 11.7. The Morgan fingerprint density at radius 1 is 1.12 bits per heavy atom. The van der Waals surface area contributed by atoms with Gasteiger partial charge in [-0.25, -0.2) is 0 Å². The van der Waals surface area contributed by atoms with Crippen LogP contribution in [0.15, 0.2) is 28.7 Å². The molecule has 6 heteroatoms. The third-order valence-corrected chi connectivity index (χ3v) is 3.65. The van der Waals surface area contributed by atoms with E-state index in [0.29, 0.717) is 17.2 Å². The number of carbonyl (C=O) groups is 1. The van der Waals surface area contributed by atoms with Crippen molar-refractivity contribution in [3.05, 3.63) is 41.3 Å². The Hall–Kier alpha value is -2.63. The highest BCUT2D eigenvalue weighted by Crippen LogP contribution is 2.38. The lowest BCUT2D eigenvalue weighted by molar-refractivity contribution is -0.121. The van der Waals surface area contributed by atoms with Crippen LogP contribution >= 0.6 is 0 Å². The molecule has 2 rings (SSSR count). The Labute approximate surface area is 141 Å². The molecular formula is C18H23NO5. The van der Waals surface area contributed by atoms with Gasteiger partial charge in [0.2, 0.25) is 11.7 Å². The van der Waals surface area contributed by atoms with E-state index in [1.54, 1.807) is 33.5 Å². The number of nitrogens with one attached hydrogen (secondary N) is 1. The lowest BCUT2D eigenvalue weighted by atomic mass is 10.1. The molecule has 24 heavy (non-hydrogen) atoms. The molecule has 1 atom stereocenters. The van der Waals surface area contributed by atoms with E-state index in [1.807, 2.05) is 26.0 Å². The molecule has 1 aromatic heterocycles. The summed E-state index contributed by atoms with van der Waals surface area (Å²) in [6.07, 6.45) is 0.195. The molecule has 0 unspecified atom stereocenters. The SMILES string of the molecule is COc1cc(CC(=O)N[C@@H](C)c2ccc(C)o2)cc(OC)c1OC. The summed E-state index contributed by atoms with van der Waals surface area (Å²) < 4.78 is 21.4. The number of carbonyl (C=O) groups excluding carboxylic acids is 1. The molecule has 1 aromatic carbocycles. The minimum absolute atomic E-state index is 0.120. The van der Waals surface area contributed by atoms with Crippen molar-refractivity contribution in [1.82, 2.24) is 5.32 Å². The van der Waals surface area contributed by atoms with Gasteiger partial charge in [-0.1, -0.05) is 0 Å². The van der Waals surface area contributed by atoms with E-state index in [4.69, 9.17) is 18.6 Å². The van der Waals surface area contributed by atoms with Gasteiger partial charge in [-0.3, -0.25) is 4.79 Å². The zero-order chi connectivity index (χ0) is 17.7. The molecule has 6 nitrogen and oxygen atoms in total. The van der Waals surface area contributed by atoms with Crippen molar-refractivity contribution in [3.63, 3.8) is 0 Å². The van der Waals surface area contributed by atoms with Crippen LogP contribution in [0.5, 0.6) is 17.2 Å². The van der Waals surface area contributed by atoms with Crippen LogP contribution in [0.2, 0.25) is 0 Å². The summed E-state index contributed by atoms with van der Waals surface area (Å²) in [5.74, 6) is 2.97. The molecule has 1 amide bonds. The first kappa shape index (κ1) is 17.7. The quantitative estimate of drug-likeness (QED) is 0.843. The maximum Gasteiger partial charge on any atom is 0.225 e. The number of hydrogen-bond acceptors (Lipinski definition) is 5. The number of rotatable bonds is 7. The van der Waals surface area contributed by atoms with Gasteiger partial charge in [0.05, 0.1) is 33.8 Å². The predicted octanol–water partition coefficient (Wildman–Crippen LogP) is 3.03. The third-order valence-electron chi connectivity index (χ3n) is 3.65. The highest BCUT2D eigenvalue weighted by atomic mass is 16.5. The van der Waals surface area contributed by atoms with Crippen LogP contribution in [0.25, 0.3) is 0 Å². The van der Waals surface area contributed by atoms with Gasteiger partial charge in [0, 0.05) is 0 Å². The highest BCUT2D eigenvalue weighted by Gasteiger charge is 2.17. The summed E-state index contributed by atoms with van der Waals surface area (Å²) in [6, 6.07) is 7.07. The molecule has 1 N–H and O–H groups in total. The maximum atomic E-state index is 12.3. The number of amides is 1. The van der Waals surface area contributed by atoms with Gasteiger partial charge in [-0.05, 0) is 43.7 Å². The fraction of sp³-hybridized carbons (Fsp3) is 0.389. The number of furan rings is 1. The van der Waals surface area contributed by atoms with Crippen LogP contribution in [-0.2, 0) is 11.2 Å². The van der Waals surface area contributed by atoms with E-state index in [1.165, 1.54) is 0 Å². The molecule has 0 radical (unpaired) electrons. The van der Waals surface area contributed by atoms with Gasteiger partial charge in [-0.2, -0.15) is 0 Å². The lowest BCUT2D eigenvalue weighted by Crippen LogP contribution is -2.27. The second-order valence-corrected chi connectivity index (χ2v) is 5.45. The minimum atomic E-state index is -0.201. The number of aryl methyl sites for hydroxylation is 1. The molecule has 0 aliphatic rings.